The molecule has 8 heteroatoms. The van der Waals surface area contributed by atoms with Crippen LogP contribution in [-0.4, -0.2) is 53.5 Å². The summed E-state index contributed by atoms with van der Waals surface area (Å²) in [6.45, 7) is 0.738. The number of anilines is 1. The van der Waals surface area contributed by atoms with Gasteiger partial charge in [0.2, 0.25) is 5.91 Å². The van der Waals surface area contributed by atoms with E-state index in [2.05, 4.69) is 6.19 Å². The molecule has 4 atom stereocenters. The normalized spacial score (nSPS) is 29.3. The molecule has 3 heterocycles. The van der Waals surface area contributed by atoms with Crippen LogP contribution in [0.25, 0.3) is 0 Å². The van der Waals surface area contributed by atoms with Crippen molar-refractivity contribution < 1.29 is 4.79 Å². The molecular weight excluding hydrogens is 407 g/mol. The van der Waals surface area contributed by atoms with Crippen molar-refractivity contribution in [3.05, 3.63) is 27.2 Å². The lowest BCUT2D eigenvalue weighted by Crippen LogP contribution is -2.51. The van der Waals surface area contributed by atoms with Crippen LogP contribution in [0.15, 0.2) is 12.1 Å². The van der Waals surface area contributed by atoms with Gasteiger partial charge in [0.05, 0.1) is 27.8 Å². The summed E-state index contributed by atoms with van der Waals surface area (Å²) >= 11 is 18.8. The van der Waals surface area contributed by atoms with E-state index >= 15 is 0 Å². The number of amides is 1. The summed E-state index contributed by atoms with van der Waals surface area (Å²) in [6.07, 6.45) is 6.88. The molecule has 4 rings (SSSR count). The first-order valence-electron chi connectivity index (χ1n) is 9.28. The van der Waals surface area contributed by atoms with Gasteiger partial charge in [-0.3, -0.25) is 4.79 Å². The Morgan fingerprint density at radius 2 is 2.04 bits per heavy atom. The van der Waals surface area contributed by atoms with Gasteiger partial charge in [-0.15, -0.1) is 0 Å². The molecule has 2 bridgehead atoms. The summed E-state index contributed by atoms with van der Waals surface area (Å²) < 4.78 is 0. The van der Waals surface area contributed by atoms with Crippen molar-refractivity contribution in [2.24, 2.45) is 0 Å². The molecule has 3 fully saturated rings. The quantitative estimate of drug-likeness (QED) is 0.537. The van der Waals surface area contributed by atoms with Gasteiger partial charge < -0.3 is 14.7 Å². The van der Waals surface area contributed by atoms with Gasteiger partial charge >= 0.3 is 0 Å². The molecule has 0 radical (unpaired) electrons. The Balaban J connectivity index is 1.56. The highest BCUT2D eigenvalue weighted by atomic mass is 35.5. The minimum atomic E-state index is -0.281. The van der Waals surface area contributed by atoms with E-state index in [0.717, 1.165) is 38.6 Å². The number of fused-ring (bicyclic) bond motifs is 2. The van der Waals surface area contributed by atoms with E-state index in [1.54, 1.807) is 12.1 Å². The van der Waals surface area contributed by atoms with E-state index in [1.165, 1.54) is 0 Å². The van der Waals surface area contributed by atoms with Crippen LogP contribution in [0, 0.1) is 11.5 Å². The molecular formula is C19H21Cl3N4O. The second-order valence-corrected chi connectivity index (χ2v) is 8.85. The summed E-state index contributed by atoms with van der Waals surface area (Å²) in [5.74, 6) is 0.0788. The van der Waals surface area contributed by atoms with Crippen molar-refractivity contribution in [2.75, 3.05) is 18.5 Å². The topological polar surface area (TPSA) is 50.6 Å². The number of benzene rings is 1. The number of rotatable bonds is 3. The molecule has 3 saturated heterocycles. The molecule has 0 saturated carbocycles. The first kappa shape index (κ1) is 19.0. The van der Waals surface area contributed by atoms with Crippen LogP contribution in [-0.2, 0) is 4.79 Å². The Morgan fingerprint density at radius 1 is 1.26 bits per heavy atom. The molecule has 1 aromatic rings. The zero-order valence-electron chi connectivity index (χ0n) is 15.0. The lowest BCUT2D eigenvalue weighted by atomic mass is 9.94. The van der Waals surface area contributed by atoms with Gasteiger partial charge in [-0.2, -0.15) is 5.26 Å². The second-order valence-electron chi connectivity index (χ2n) is 7.63. The predicted octanol–water partition coefficient (Wildman–Crippen LogP) is 4.16. The third-order valence-corrected chi connectivity index (χ3v) is 7.30. The molecule has 144 valence electrons. The summed E-state index contributed by atoms with van der Waals surface area (Å²) in [4.78, 5) is 19.1. The fourth-order valence-electron chi connectivity index (χ4n) is 4.99. The third-order valence-electron chi connectivity index (χ3n) is 6.29. The van der Waals surface area contributed by atoms with Crippen LogP contribution in [0.3, 0.4) is 0 Å². The highest BCUT2D eigenvalue weighted by Gasteiger charge is 2.49. The Kier molecular flexibility index (Phi) is 5.09. The van der Waals surface area contributed by atoms with Gasteiger partial charge in [0.25, 0.3) is 0 Å². The monoisotopic (exact) mass is 426 g/mol. The van der Waals surface area contributed by atoms with Crippen LogP contribution in [0.5, 0.6) is 0 Å². The Bertz CT molecular complexity index is 811. The number of halogens is 3. The van der Waals surface area contributed by atoms with Crippen LogP contribution in [0.4, 0.5) is 5.69 Å². The maximum atomic E-state index is 13.3. The van der Waals surface area contributed by atoms with Crippen LogP contribution >= 0.6 is 34.8 Å². The van der Waals surface area contributed by atoms with Crippen molar-refractivity contribution in [3.8, 4) is 6.19 Å². The Morgan fingerprint density at radius 3 is 2.74 bits per heavy atom. The van der Waals surface area contributed by atoms with E-state index < -0.39 is 0 Å². The maximum absolute atomic E-state index is 13.3. The van der Waals surface area contributed by atoms with Crippen molar-refractivity contribution in [1.29, 1.82) is 5.26 Å². The molecule has 1 unspecified atom stereocenters. The molecule has 1 aromatic carbocycles. The molecule has 3 aliphatic rings. The fraction of sp³-hybridized carbons (Fsp3) is 0.579. The largest absolute Gasteiger partial charge is 0.358 e. The van der Waals surface area contributed by atoms with Gasteiger partial charge in [0.15, 0.2) is 6.19 Å². The van der Waals surface area contributed by atoms with Crippen molar-refractivity contribution >= 4 is 46.4 Å². The smallest absolute Gasteiger partial charge is 0.245 e. The number of carbonyl (C=O) groups excluding carboxylic acids is 1. The number of likely N-dealkylation sites (N-methyl/N-ethyl adjacent to an activating group) is 1. The summed E-state index contributed by atoms with van der Waals surface area (Å²) in [7, 11) is 1.87. The van der Waals surface area contributed by atoms with E-state index in [4.69, 9.17) is 34.8 Å². The van der Waals surface area contributed by atoms with Crippen molar-refractivity contribution in [2.45, 2.75) is 56.3 Å². The molecule has 3 aliphatic heterocycles. The van der Waals surface area contributed by atoms with Gasteiger partial charge in [0, 0.05) is 24.7 Å². The predicted molar refractivity (Wildman–Crippen MR) is 107 cm³/mol. The van der Waals surface area contributed by atoms with Crippen LogP contribution in [0.1, 0.15) is 32.1 Å². The highest BCUT2D eigenvalue weighted by Crippen LogP contribution is 2.41. The zero-order valence-corrected chi connectivity index (χ0v) is 17.3. The SMILES string of the molecule is CN(C(=O)[C@@H]1CCCN1c1cc(Cl)cc(Cl)c1Cl)C1C[C@@H]2CC[C@H]1N2C#N. The fourth-order valence-corrected chi connectivity index (χ4v) is 5.69. The lowest BCUT2D eigenvalue weighted by Gasteiger charge is -2.35. The van der Waals surface area contributed by atoms with Gasteiger partial charge in [-0.1, -0.05) is 34.8 Å². The first-order valence-corrected chi connectivity index (χ1v) is 10.4. The summed E-state index contributed by atoms with van der Waals surface area (Å²) in [5, 5.41) is 10.7. The number of nitriles is 1. The van der Waals surface area contributed by atoms with Gasteiger partial charge in [0.1, 0.15) is 6.04 Å². The van der Waals surface area contributed by atoms with Crippen LogP contribution < -0.4 is 4.90 Å². The Hall–Kier alpha value is -1.35. The number of hydrogen-bond acceptors (Lipinski definition) is 4. The van der Waals surface area contributed by atoms with E-state index in [1.807, 2.05) is 21.7 Å². The molecule has 0 aliphatic carbocycles. The maximum Gasteiger partial charge on any atom is 0.245 e. The number of carbonyl (C=O) groups is 1. The lowest BCUT2D eigenvalue weighted by molar-refractivity contribution is -0.133. The minimum Gasteiger partial charge on any atom is -0.358 e. The molecule has 0 spiro atoms. The van der Waals surface area contributed by atoms with E-state index in [0.29, 0.717) is 20.8 Å². The zero-order chi connectivity index (χ0) is 19.3. The standard InChI is InChI=1S/C19H21Cl3N4O/c1-24(16-9-12-4-5-14(16)26(12)10-23)19(27)15-3-2-6-25(15)17-8-11(20)7-13(21)18(17)22/h7-8,12,14-16H,2-6,9H2,1H3/t12-,14+,15-,16?/m0/s1. The second kappa shape index (κ2) is 7.24. The van der Waals surface area contributed by atoms with Gasteiger partial charge in [-0.25, -0.2) is 0 Å². The first-order chi connectivity index (χ1) is 12.9. The average Bonchev–Trinajstić information content (AvgIpc) is 3.36. The summed E-state index contributed by atoms with van der Waals surface area (Å²) in [5.41, 5.74) is 0.713. The number of hydrogen-bond donors (Lipinski definition) is 0. The van der Waals surface area contributed by atoms with E-state index in [9.17, 15) is 10.1 Å². The molecule has 0 aromatic heterocycles. The third kappa shape index (κ3) is 3.12. The highest BCUT2D eigenvalue weighted by molar-refractivity contribution is 6.45. The molecule has 27 heavy (non-hydrogen) atoms. The van der Waals surface area contributed by atoms with Crippen LogP contribution in [0.2, 0.25) is 15.1 Å². The molecule has 5 nitrogen and oxygen atoms in total. The molecule has 0 N–H and O–H groups in total. The van der Waals surface area contributed by atoms with Crippen molar-refractivity contribution in [1.82, 2.24) is 9.80 Å². The van der Waals surface area contributed by atoms with E-state index in [-0.39, 0.29) is 30.1 Å². The average molecular weight is 428 g/mol. The summed E-state index contributed by atoms with van der Waals surface area (Å²) in [6, 6.07) is 3.62. The van der Waals surface area contributed by atoms with Crippen molar-refractivity contribution in [3.63, 3.8) is 0 Å². The number of nitrogens with zero attached hydrogens (tertiary/aromatic N) is 4. The molecule has 1 amide bonds. The minimum absolute atomic E-state index is 0.0788. The van der Waals surface area contributed by atoms with Gasteiger partial charge in [-0.05, 0) is 44.2 Å². The Labute approximate surface area is 174 Å².